The minimum Gasteiger partial charge on any atom is -0.411 e. The fourth-order valence-corrected chi connectivity index (χ4v) is 3.63. The monoisotopic (exact) mass is 415 g/mol. The topological polar surface area (TPSA) is 68.0 Å². The Kier molecular flexibility index (Phi) is 6.25. The lowest BCUT2D eigenvalue weighted by Gasteiger charge is -2.14. The number of carbonyl (C=O) groups is 1. The third-order valence-electron chi connectivity index (χ3n) is 4.65. The molecule has 4 aromatic rings. The third-order valence-corrected chi connectivity index (χ3v) is 5.47. The molecular weight excluding hydrogens is 394 g/mol. The first-order valence-corrected chi connectivity index (χ1v) is 10.6. The average molecular weight is 416 g/mol. The largest absolute Gasteiger partial charge is 0.411 e. The predicted octanol–water partition coefficient (Wildman–Crippen LogP) is 5.37. The Morgan fingerprint density at radius 2 is 1.47 bits per heavy atom. The first-order chi connectivity index (χ1) is 14.7. The van der Waals surface area contributed by atoms with Gasteiger partial charge < -0.3 is 9.73 Å². The second-order valence-electron chi connectivity index (χ2n) is 6.81. The summed E-state index contributed by atoms with van der Waals surface area (Å²) in [7, 11) is 0. The van der Waals surface area contributed by atoms with Crippen LogP contribution in [0.15, 0.2) is 94.6 Å². The van der Waals surface area contributed by atoms with E-state index in [2.05, 4.69) is 39.8 Å². The maximum atomic E-state index is 12.3. The number of rotatable bonds is 7. The molecule has 6 heteroatoms. The molecule has 0 spiro atoms. The lowest BCUT2D eigenvalue weighted by molar-refractivity contribution is -0.119. The van der Waals surface area contributed by atoms with Crippen LogP contribution in [0.25, 0.3) is 22.6 Å². The molecule has 0 saturated carbocycles. The minimum absolute atomic E-state index is 0.0842. The molecule has 0 aliphatic rings. The average Bonchev–Trinajstić information content (AvgIpc) is 3.28. The van der Waals surface area contributed by atoms with E-state index in [-0.39, 0.29) is 17.7 Å². The van der Waals surface area contributed by atoms with Crippen LogP contribution in [0.5, 0.6) is 0 Å². The van der Waals surface area contributed by atoms with Crippen molar-refractivity contribution in [3.63, 3.8) is 0 Å². The Morgan fingerprint density at radius 1 is 0.867 bits per heavy atom. The van der Waals surface area contributed by atoms with Gasteiger partial charge in [0, 0.05) is 5.56 Å². The van der Waals surface area contributed by atoms with E-state index in [1.54, 1.807) is 0 Å². The maximum absolute atomic E-state index is 12.3. The van der Waals surface area contributed by atoms with Gasteiger partial charge in [0.05, 0.1) is 11.8 Å². The highest BCUT2D eigenvalue weighted by molar-refractivity contribution is 7.99. The van der Waals surface area contributed by atoms with E-state index in [1.165, 1.54) is 17.3 Å². The maximum Gasteiger partial charge on any atom is 0.277 e. The van der Waals surface area contributed by atoms with Crippen molar-refractivity contribution in [2.24, 2.45) is 0 Å². The molecule has 150 valence electrons. The van der Waals surface area contributed by atoms with Crippen LogP contribution in [0, 0.1) is 0 Å². The fraction of sp³-hybridized carbons (Fsp3) is 0.125. The fourth-order valence-electron chi connectivity index (χ4n) is 3.05. The third kappa shape index (κ3) is 4.96. The second kappa shape index (κ2) is 9.41. The van der Waals surface area contributed by atoms with Crippen molar-refractivity contribution < 1.29 is 9.21 Å². The molecule has 1 heterocycles. The zero-order valence-corrected chi connectivity index (χ0v) is 17.3. The number of thioether (sulfide) groups is 1. The Balaban J connectivity index is 1.30. The molecule has 3 aromatic carbocycles. The Morgan fingerprint density at radius 3 is 2.13 bits per heavy atom. The second-order valence-corrected chi connectivity index (χ2v) is 7.73. The molecule has 1 aromatic heterocycles. The number of aromatic nitrogens is 2. The summed E-state index contributed by atoms with van der Waals surface area (Å²) in [5, 5.41) is 11.4. The van der Waals surface area contributed by atoms with Crippen molar-refractivity contribution in [2.75, 3.05) is 5.75 Å². The highest BCUT2D eigenvalue weighted by Crippen LogP contribution is 2.24. The smallest absolute Gasteiger partial charge is 0.277 e. The highest BCUT2D eigenvalue weighted by atomic mass is 32.2. The van der Waals surface area contributed by atoms with E-state index in [0.29, 0.717) is 11.1 Å². The Hall–Kier alpha value is -3.38. The van der Waals surface area contributed by atoms with Gasteiger partial charge in [0.1, 0.15) is 0 Å². The number of benzene rings is 3. The molecule has 1 atom stereocenters. The number of carbonyl (C=O) groups excluding carboxylic acids is 1. The summed E-state index contributed by atoms with van der Waals surface area (Å²) < 4.78 is 5.63. The molecule has 0 aliphatic carbocycles. The van der Waals surface area contributed by atoms with Gasteiger partial charge in [-0.3, -0.25) is 4.79 Å². The van der Waals surface area contributed by atoms with Gasteiger partial charge in [-0.2, -0.15) is 0 Å². The van der Waals surface area contributed by atoms with E-state index in [4.69, 9.17) is 4.42 Å². The van der Waals surface area contributed by atoms with Gasteiger partial charge >= 0.3 is 0 Å². The molecule has 5 nitrogen and oxygen atoms in total. The summed E-state index contributed by atoms with van der Waals surface area (Å²) in [6.45, 7) is 1.97. The summed E-state index contributed by atoms with van der Waals surface area (Å²) in [5.74, 6) is 0.576. The lowest BCUT2D eigenvalue weighted by Crippen LogP contribution is -2.28. The van der Waals surface area contributed by atoms with E-state index in [0.717, 1.165) is 16.7 Å². The minimum atomic E-state index is -0.0921. The number of hydrogen-bond donors (Lipinski definition) is 1. The van der Waals surface area contributed by atoms with Crippen LogP contribution in [0.2, 0.25) is 0 Å². The highest BCUT2D eigenvalue weighted by Gasteiger charge is 2.13. The molecular formula is C24H21N3O2S. The van der Waals surface area contributed by atoms with Crippen LogP contribution >= 0.6 is 11.8 Å². The number of amides is 1. The molecule has 0 unspecified atom stereocenters. The van der Waals surface area contributed by atoms with E-state index >= 15 is 0 Å². The molecule has 0 aliphatic heterocycles. The quantitative estimate of drug-likeness (QED) is 0.411. The van der Waals surface area contributed by atoms with E-state index in [1.807, 2.05) is 67.6 Å². The van der Waals surface area contributed by atoms with Crippen LogP contribution in [0.4, 0.5) is 0 Å². The van der Waals surface area contributed by atoms with Crippen molar-refractivity contribution in [2.45, 2.75) is 18.2 Å². The standard InChI is InChI=1S/C24H21N3O2S/c1-17(18-12-14-20(15-13-18)19-8-4-2-5-9-19)25-22(28)16-30-24-27-26-23(29-24)21-10-6-3-7-11-21/h2-15,17H,16H2,1H3,(H,25,28)/t17-/m0/s1. The zero-order valence-electron chi connectivity index (χ0n) is 16.5. The van der Waals surface area contributed by atoms with Crippen molar-refractivity contribution in [1.29, 1.82) is 0 Å². The van der Waals surface area contributed by atoms with Crippen LogP contribution in [-0.4, -0.2) is 21.9 Å². The van der Waals surface area contributed by atoms with Gasteiger partial charge in [-0.05, 0) is 35.7 Å². The van der Waals surface area contributed by atoms with Crippen LogP contribution in [0.3, 0.4) is 0 Å². The van der Waals surface area contributed by atoms with Crippen molar-refractivity contribution in [3.05, 3.63) is 90.5 Å². The number of nitrogens with one attached hydrogen (secondary N) is 1. The van der Waals surface area contributed by atoms with Crippen molar-refractivity contribution in [1.82, 2.24) is 15.5 Å². The van der Waals surface area contributed by atoms with Gasteiger partial charge in [0.15, 0.2) is 0 Å². The molecule has 4 rings (SSSR count). The van der Waals surface area contributed by atoms with Gasteiger partial charge in [0.25, 0.3) is 5.22 Å². The van der Waals surface area contributed by atoms with Crippen molar-refractivity contribution in [3.8, 4) is 22.6 Å². The normalized spacial score (nSPS) is 11.8. The van der Waals surface area contributed by atoms with Gasteiger partial charge in [-0.25, -0.2) is 0 Å². The SMILES string of the molecule is C[C@H](NC(=O)CSc1nnc(-c2ccccc2)o1)c1ccc(-c2ccccc2)cc1. The molecule has 1 amide bonds. The van der Waals surface area contributed by atoms with Gasteiger partial charge in [-0.15, -0.1) is 10.2 Å². The molecule has 0 fully saturated rings. The summed E-state index contributed by atoms with van der Waals surface area (Å²) in [5.41, 5.74) is 4.23. The summed E-state index contributed by atoms with van der Waals surface area (Å²) in [4.78, 5) is 12.3. The van der Waals surface area contributed by atoms with Gasteiger partial charge in [-0.1, -0.05) is 84.6 Å². The summed E-state index contributed by atoms with van der Waals surface area (Å²) in [6.07, 6.45) is 0. The summed E-state index contributed by atoms with van der Waals surface area (Å²) >= 11 is 1.23. The number of nitrogens with zero attached hydrogens (tertiary/aromatic N) is 2. The molecule has 30 heavy (non-hydrogen) atoms. The van der Waals surface area contributed by atoms with Gasteiger partial charge in [0.2, 0.25) is 11.8 Å². The van der Waals surface area contributed by atoms with Crippen molar-refractivity contribution >= 4 is 17.7 Å². The number of hydrogen-bond acceptors (Lipinski definition) is 5. The predicted molar refractivity (Wildman–Crippen MR) is 119 cm³/mol. The zero-order chi connectivity index (χ0) is 20.8. The van der Waals surface area contributed by atoms with E-state index < -0.39 is 0 Å². The first kappa shape index (κ1) is 19.9. The summed E-state index contributed by atoms with van der Waals surface area (Å²) in [6, 6.07) is 27.9. The Labute approximate surface area is 179 Å². The Bertz CT molecular complexity index is 1100. The molecule has 0 saturated heterocycles. The van der Waals surface area contributed by atoms with Crippen LogP contribution < -0.4 is 5.32 Å². The molecule has 0 radical (unpaired) electrons. The van der Waals surface area contributed by atoms with E-state index in [9.17, 15) is 4.79 Å². The first-order valence-electron chi connectivity index (χ1n) is 9.65. The van der Waals surface area contributed by atoms with Crippen LogP contribution in [-0.2, 0) is 4.79 Å². The molecule has 0 bridgehead atoms. The molecule has 1 N–H and O–H groups in total. The van der Waals surface area contributed by atoms with Crippen LogP contribution in [0.1, 0.15) is 18.5 Å². The lowest BCUT2D eigenvalue weighted by atomic mass is 10.0.